The molecule has 0 saturated carbocycles. The minimum atomic E-state index is 0.0638. The first-order valence-corrected chi connectivity index (χ1v) is 3.76. The molecule has 0 bridgehead atoms. The van der Waals surface area contributed by atoms with Crippen molar-refractivity contribution in [2.75, 3.05) is 18.5 Å². The van der Waals surface area contributed by atoms with Gasteiger partial charge in [-0.3, -0.25) is 0 Å². The van der Waals surface area contributed by atoms with Crippen molar-refractivity contribution in [3.8, 4) is 5.75 Å². The number of hydrogen-bond acceptors (Lipinski definition) is 4. The molecule has 0 aliphatic carbocycles. The van der Waals surface area contributed by atoms with E-state index in [0.29, 0.717) is 12.2 Å². The second-order valence-electron chi connectivity index (χ2n) is 2.17. The summed E-state index contributed by atoms with van der Waals surface area (Å²) in [6.45, 7) is 2.52. The van der Waals surface area contributed by atoms with Crippen LogP contribution >= 0.6 is 0 Å². The number of phenolic OH excluding ortho intramolecular Hbond substituents is 1. The van der Waals surface area contributed by atoms with Gasteiger partial charge in [0.2, 0.25) is 0 Å². The summed E-state index contributed by atoms with van der Waals surface area (Å²) in [4.78, 5) is 8.00. The Kier molecular flexibility index (Phi) is 6.27. The van der Waals surface area contributed by atoms with Gasteiger partial charge in [0.1, 0.15) is 12.5 Å². The van der Waals surface area contributed by atoms with Crippen molar-refractivity contribution < 1.29 is 15.0 Å². The molecule has 0 radical (unpaired) electrons. The first-order valence-electron chi connectivity index (χ1n) is 3.76. The summed E-state index contributed by atoms with van der Waals surface area (Å²) in [6, 6.07) is 6.92. The molecule has 1 aromatic carbocycles. The van der Waals surface area contributed by atoms with Gasteiger partial charge in [0.05, 0.1) is 12.3 Å². The highest BCUT2D eigenvalue weighted by Gasteiger charge is 1.95. The number of rotatable bonds is 3. The zero-order valence-corrected chi connectivity index (χ0v) is 7.23. The van der Waals surface area contributed by atoms with E-state index in [2.05, 4.69) is 5.32 Å². The molecule has 0 saturated heterocycles. The van der Waals surface area contributed by atoms with Crippen LogP contribution in [0.3, 0.4) is 0 Å². The molecule has 13 heavy (non-hydrogen) atoms. The van der Waals surface area contributed by atoms with Crippen molar-refractivity contribution in [2.24, 2.45) is 0 Å². The fourth-order valence-electron chi connectivity index (χ4n) is 0.814. The van der Waals surface area contributed by atoms with Crippen LogP contribution in [0, 0.1) is 0 Å². The van der Waals surface area contributed by atoms with Gasteiger partial charge in [0.15, 0.2) is 0 Å². The fourth-order valence-corrected chi connectivity index (χ4v) is 0.814. The van der Waals surface area contributed by atoms with Crippen molar-refractivity contribution in [3.63, 3.8) is 0 Å². The monoisotopic (exact) mass is 183 g/mol. The number of nitrogens with one attached hydrogen (secondary N) is 1. The highest BCUT2D eigenvalue weighted by atomic mass is 16.3. The Morgan fingerprint density at radius 1 is 1.31 bits per heavy atom. The van der Waals surface area contributed by atoms with Gasteiger partial charge < -0.3 is 20.3 Å². The lowest BCUT2D eigenvalue weighted by Gasteiger charge is -2.04. The third-order valence-corrected chi connectivity index (χ3v) is 1.33. The lowest BCUT2D eigenvalue weighted by molar-refractivity contribution is -0.0979. The minimum absolute atomic E-state index is 0.0638. The van der Waals surface area contributed by atoms with Gasteiger partial charge in [-0.25, -0.2) is 0 Å². The van der Waals surface area contributed by atoms with Crippen LogP contribution in [-0.4, -0.2) is 30.2 Å². The summed E-state index contributed by atoms with van der Waals surface area (Å²) in [5, 5.41) is 20.5. The molecule has 0 aromatic heterocycles. The van der Waals surface area contributed by atoms with Gasteiger partial charge in [-0.1, -0.05) is 12.1 Å². The Bertz CT molecular complexity index is 240. The van der Waals surface area contributed by atoms with Crippen LogP contribution in [0.15, 0.2) is 24.3 Å². The first-order chi connectivity index (χ1) is 6.34. The number of carbonyl (C=O) groups is 1. The van der Waals surface area contributed by atoms with Crippen LogP contribution in [0.5, 0.6) is 5.75 Å². The Morgan fingerprint density at radius 3 is 2.46 bits per heavy atom. The summed E-state index contributed by atoms with van der Waals surface area (Å²) in [5.41, 5.74) is 0.654. The topological polar surface area (TPSA) is 69.6 Å². The maximum absolute atomic E-state index is 9.19. The molecule has 1 aromatic rings. The quantitative estimate of drug-likeness (QED) is 0.600. The standard InChI is InChI=1S/C8H11NO2.CH2O/c10-6-5-9-7-3-1-2-4-8(7)11;1-2/h1-4,9-11H,5-6H2;1H2. The molecule has 0 fully saturated rings. The molecular weight excluding hydrogens is 170 g/mol. The van der Waals surface area contributed by atoms with E-state index in [4.69, 9.17) is 9.90 Å². The Morgan fingerprint density at radius 2 is 1.92 bits per heavy atom. The fraction of sp³-hybridized carbons (Fsp3) is 0.222. The summed E-state index contributed by atoms with van der Waals surface area (Å²) in [7, 11) is 0. The normalized spacial score (nSPS) is 8.38. The SMILES string of the molecule is C=O.OCCNc1ccccc1O. The van der Waals surface area contributed by atoms with E-state index in [-0.39, 0.29) is 12.4 Å². The molecule has 0 heterocycles. The molecule has 4 nitrogen and oxygen atoms in total. The molecule has 72 valence electrons. The van der Waals surface area contributed by atoms with E-state index in [9.17, 15) is 5.11 Å². The van der Waals surface area contributed by atoms with Gasteiger partial charge >= 0.3 is 0 Å². The van der Waals surface area contributed by atoms with Crippen molar-refractivity contribution in [1.82, 2.24) is 0 Å². The third-order valence-electron chi connectivity index (χ3n) is 1.33. The van der Waals surface area contributed by atoms with E-state index in [1.54, 1.807) is 18.2 Å². The Labute approximate surface area is 76.8 Å². The van der Waals surface area contributed by atoms with Crippen LogP contribution in [0.25, 0.3) is 0 Å². The number of carbonyl (C=O) groups excluding carboxylic acids is 1. The van der Waals surface area contributed by atoms with Crippen LogP contribution in [0.4, 0.5) is 5.69 Å². The molecule has 0 amide bonds. The second-order valence-corrected chi connectivity index (χ2v) is 2.17. The summed E-state index contributed by atoms with van der Waals surface area (Å²) in [5.74, 6) is 0.209. The molecule has 0 aliphatic heterocycles. The van der Waals surface area contributed by atoms with Crippen molar-refractivity contribution in [2.45, 2.75) is 0 Å². The van der Waals surface area contributed by atoms with Crippen molar-refractivity contribution in [1.29, 1.82) is 0 Å². The maximum atomic E-state index is 9.19. The molecule has 0 unspecified atom stereocenters. The number of aliphatic hydroxyl groups excluding tert-OH is 1. The average Bonchev–Trinajstić information content (AvgIpc) is 2.20. The molecule has 0 atom stereocenters. The molecule has 0 spiro atoms. The zero-order valence-electron chi connectivity index (χ0n) is 7.23. The number of para-hydroxylation sites is 2. The van der Waals surface area contributed by atoms with E-state index in [0.717, 1.165) is 0 Å². The number of benzene rings is 1. The van der Waals surface area contributed by atoms with Crippen molar-refractivity contribution in [3.05, 3.63) is 24.3 Å². The van der Waals surface area contributed by atoms with Gasteiger partial charge in [-0.05, 0) is 12.1 Å². The number of phenols is 1. The third kappa shape index (κ3) is 4.12. The molecule has 4 heteroatoms. The number of aliphatic hydroxyl groups is 1. The van der Waals surface area contributed by atoms with E-state index in [1.807, 2.05) is 12.9 Å². The molecular formula is C9H13NO3. The molecule has 0 aliphatic rings. The van der Waals surface area contributed by atoms with E-state index < -0.39 is 0 Å². The van der Waals surface area contributed by atoms with Gasteiger partial charge in [0, 0.05) is 6.54 Å². The Balaban J connectivity index is 0.000000671. The average molecular weight is 183 g/mol. The van der Waals surface area contributed by atoms with E-state index in [1.165, 1.54) is 0 Å². The second kappa shape index (κ2) is 7.12. The first kappa shape index (κ1) is 11.4. The highest BCUT2D eigenvalue weighted by molar-refractivity contribution is 5.54. The van der Waals surface area contributed by atoms with Gasteiger partial charge in [-0.2, -0.15) is 0 Å². The smallest absolute Gasteiger partial charge is 0.138 e. The molecule has 3 N–H and O–H groups in total. The minimum Gasteiger partial charge on any atom is -0.506 e. The van der Waals surface area contributed by atoms with Crippen LogP contribution in [0.2, 0.25) is 0 Å². The number of anilines is 1. The predicted molar refractivity (Wildman–Crippen MR) is 50.8 cm³/mol. The van der Waals surface area contributed by atoms with Crippen molar-refractivity contribution >= 4 is 12.5 Å². The molecule has 1 rings (SSSR count). The van der Waals surface area contributed by atoms with Crippen LogP contribution in [0.1, 0.15) is 0 Å². The highest BCUT2D eigenvalue weighted by Crippen LogP contribution is 2.20. The number of aromatic hydroxyl groups is 1. The van der Waals surface area contributed by atoms with E-state index >= 15 is 0 Å². The zero-order chi connectivity index (χ0) is 10.1. The lowest BCUT2D eigenvalue weighted by atomic mass is 10.3. The predicted octanol–water partition coefficient (Wildman–Crippen LogP) is 0.611. The summed E-state index contributed by atoms with van der Waals surface area (Å²) >= 11 is 0. The lowest BCUT2D eigenvalue weighted by Crippen LogP contribution is -2.05. The largest absolute Gasteiger partial charge is 0.506 e. The summed E-state index contributed by atoms with van der Waals surface area (Å²) < 4.78 is 0. The summed E-state index contributed by atoms with van der Waals surface area (Å²) in [6.07, 6.45) is 0. The Hall–Kier alpha value is -1.55. The van der Waals surface area contributed by atoms with Gasteiger partial charge in [0.25, 0.3) is 0 Å². The maximum Gasteiger partial charge on any atom is 0.138 e. The number of hydrogen-bond donors (Lipinski definition) is 3. The van der Waals surface area contributed by atoms with Crippen LogP contribution in [-0.2, 0) is 4.79 Å². The van der Waals surface area contributed by atoms with Crippen LogP contribution < -0.4 is 5.32 Å². The van der Waals surface area contributed by atoms with Gasteiger partial charge in [-0.15, -0.1) is 0 Å².